The second-order valence-corrected chi connectivity index (χ2v) is 8.78. The van der Waals surface area contributed by atoms with Crippen LogP contribution in [0.1, 0.15) is 13.3 Å². The SMILES string of the molecule is CC1C/C=C(Cl)/N=C2\C(=C/1CS(C)(=O)=O)OCC1COCCN21. The molecule has 0 aromatic heterocycles. The number of fused-ring (bicyclic) bond motifs is 3. The van der Waals surface area contributed by atoms with Gasteiger partial charge in [0.2, 0.25) is 0 Å². The lowest BCUT2D eigenvalue weighted by molar-refractivity contribution is -0.0158. The van der Waals surface area contributed by atoms with Crippen LogP contribution in [0, 0.1) is 5.92 Å². The molecule has 3 aliphatic heterocycles. The molecule has 128 valence electrons. The van der Waals surface area contributed by atoms with Crippen LogP contribution in [0.3, 0.4) is 0 Å². The zero-order valence-corrected chi connectivity index (χ0v) is 14.9. The molecule has 3 aliphatic rings. The smallest absolute Gasteiger partial charge is 0.173 e. The molecule has 0 radical (unpaired) electrons. The number of morpholine rings is 2. The second kappa shape index (κ2) is 6.45. The van der Waals surface area contributed by atoms with Crippen LogP contribution >= 0.6 is 11.6 Å². The maximum atomic E-state index is 11.9. The summed E-state index contributed by atoms with van der Waals surface area (Å²) in [5, 5.41) is 0.415. The topological polar surface area (TPSA) is 68.2 Å². The first-order chi connectivity index (χ1) is 10.8. The third kappa shape index (κ3) is 3.72. The molecule has 23 heavy (non-hydrogen) atoms. The largest absolute Gasteiger partial charge is 0.487 e. The van der Waals surface area contributed by atoms with Crippen molar-refractivity contribution < 1.29 is 17.9 Å². The molecule has 3 heterocycles. The van der Waals surface area contributed by atoms with E-state index in [1.807, 2.05) is 13.0 Å². The molecule has 2 saturated heterocycles. The fourth-order valence-corrected chi connectivity index (χ4v) is 4.22. The molecule has 0 aromatic rings. The Bertz CT molecular complexity index is 684. The predicted octanol–water partition coefficient (Wildman–Crippen LogP) is 1.53. The van der Waals surface area contributed by atoms with E-state index < -0.39 is 9.84 Å². The molecule has 0 saturated carbocycles. The Labute approximate surface area is 141 Å². The maximum absolute atomic E-state index is 11.9. The third-order valence-electron chi connectivity index (χ3n) is 4.28. The molecule has 6 nitrogen and oxygen atoms in total. The van der Waals surface area contributed by atoms with Gasteiger partial charge in [0.15, 0.2) is 21.4 Å². The van der Waals surface area contributed by atoms with Gasteiger partial charge < -0.3 is 14.4 Å². The van der Waals surface area contributed by atoms with Gasteiger partial charge in [0.1, 0.15) is 11.8 Å². The molecule has 2 atom stereocenters. The predicted molar refractivity (Wildman–Crippen MR) is 89.2 cm³/mol. The Balaban J connectivity index is 2.09. The Hall–Kier alpha value is -1.05. The molecule has 0 N–H and O–H groups in total. The lowest BCUT2D eigenvalue weighted by atomic mass is 9.95. The van der Waals surface area contributed by atoms with E-state index >= 15 is 0 Å². The van der Waals surface area contributed by atoms with Crippen LogP contribution in [-0.2, 0) is 19.3 Å². The molecule has 2 fully saturated rings. The van der Waals surface area contributed by atoms with Gasteiger partial charge in [-0.1, -0.05) is 18.5 Å². The summed E-state index contributed by atoms with van der Waals surface area (Å²) in [5.41, 5.74) is 0.775. The van der Waals surface area contributed by atoms with Crippen LogP contribution in [0.5, 0.6) is 0 Å². The van der Waals surface area contributed by atoms with Crippen molar-refractivity contribution in [2.75, 3.05) is 38.4 Å². The summed E-state index contributed by atoms with van der Waals surface area (Å²) in [5.74, 6) is 1.21. The number of hydrogen-bond acceptors (Lipinski definition) is 6. The van der Waals surface area contributed by atoms with Gasteiger partial charge in [-0.05, 0) is 24.0 Å². The molecule has 0 spiro atoms. The number of nitrogens with zero attached hydrogens (tertiary/aromatic N) is 2. The van der Waals surface area contributed by atoms with E-state index in [4.69, 9.17) is 21.1 Å². The lowest BCUT2D eigenvalue weighted by Gasteiger charge is -2.43. The molecule has 0 amide bonds. The van der Waals surface area contributed by atoms with Gasteiger partial charge in [0.05, 0.1) is 25.0 Å². The van der Waals surface area contributed by atoms with Gasteiger partial charge in [-0.25, -0.2) is 13.4 Å². The first-order valence-electron chi connectivity index (χ1n) is 7.68. The average molecular weight is 361 g/mol. The zero-order chi connectivity index (χ0) is 16.6. The highest BCUT2D eigenvalue weighted by atomic mass is 35.5. The van der Waals surface area contributed by atoms with Crippen molar-refractivity contribution in [3.05, 3.63) is 22.6 Å². The fraction of sp³-hybridized carbons (Fsp3) is 0.667. The lowest BCUT2D eigenvalue weighted by Crippen LogP contribution is -2.55. The van der Waals surface area contributed by atoms with Crippen LogP contribution in [0.25, 0.3) is 0 Å². The van der Waals surface area contributed by atoms with Crippen molar-refractivity contribution in [1.82, 2.24) is 4.90 Å². The molecular formula is C15H21ClN2O4S. The van der Waals surface area contributed by atoms with E-state index in [2.05, 4.69) is 9.89 Å². The summed E-state index contributed by atoms with van der Waals surface area (Å²) in [4.78, 5) is 6.62. The summed E-state index contributed by atoms with van der Waals surface area (Å²) < 4.78 is 35.2. The molecule has 3 rings (SSSR count). The first-order valence-corrected chi connectivity index (χ1v) is 10.1. The second-order valence-electron chi connectivity index (χ2n) is 6.26. The highest BCUT2D eigenvalue weighted by Gasteiger charge is 2.37. The Morgan fingerprint density at radius 3 is 2.96 bits per heavy atom. The van der Waals surface area contributed by atoms with Gasteiger partial charge in [0.25, 0.3) is 0 Å². The number of ether oxygens (including phenoxy) is 2. The Kier molecular flexibility index (Phi) is 4.71. The first kappa shape index (κ1) is 16.8. The third-order valence-corrected chi connectivity index (χ3v) is 5.35. The summed E-state index contributed by atoms with van der Waals surface area (Å²) in [6, 6.07) is 0.0879. The summed E-state index contributed by atoms with van der Waals surface area (Å²) in [6.07, 6.45) is 3.72. The van der Waals surface area contributed by atoms with Gasteiger partial charge in [0, 0.05) is 12.8 Å². The van der Waals surface area contributed by atoms with E-state index in [1.54, 1.807) is 0 Å². The minimum absolute atomic E-state index is 0.0246. The molecule has 0 aliphatic carbocycles. The van der Waals surface area contributed by atoms with E-state index in [0.717, 1.165) is 5.57 Å². The van der Waals surface area contributed by atoms with Gasteiger partial charge in [-0.3, -0.25) is 0 Å². The monoisotopic (exact) mass is 360 g/mol. The number of aliphatic imine (C=N–C) groups is 1. The molecule has 8 heteroatoms. The van der Waals surface area contributed by atoms with Crippen molar-refractivity contribution >= 4 is 27.3 Å². The summed E-state index contributed by atoms with van der Waals surface area (Å²) in [6.45, 7) is 4.34. The van der Waals surface area contributed by atoms with Crippen LogP contribution in [0.15, 0.2) is 27.6 Å². The summed E-state index contributed by atoms with van der Waals surface area (Å²) in [7, 11) is -3.17. The Morgan fingerprint density at radius 2 is 2.22 bits per heavy atom. The van der Waals surface area contributed by atoms with Crippen molar-refractivity contribution in [2.45, 2.75) is 19.4 Å². The van der Waals surface area contributed by atoms with Crippen molar-refractivity contribution in [2.24, 2.45) is 10.9 Å². The van der Waals surface area contributed by atoms with Gasteiger partial charge in [-0.15, -0.1) is 0 Å². The van der Waals surface area contributed by atoms with Crippen LogP contribution in [-0.4, -0.2) is 63.6 Å². The zero-order valence-electron chi connectivity index (χ0n) is 13.3. The van der Waals surface area contributed by atoms with Crippen molar-refractivity contribution in [3.63, 3.8) is 0 Å². The molecule has 0 aromatic carbocycles. The van der Waals surface area contributed by atoms with Gasteiger partial charge >= 0.3 is 0 Å². The van der Waals surface area contributed by atoms with Crippen LogP contribution < -0.4 is 0 Å². The number of rotatable bonds is 2. The minimum Gasteiger partial charge on any atom is -0.487 e. The highest BCUT2D eigenvalue weighted by Crippen LogP contribution is 2.31. The van der Waals surface area contributed by atoms with E-state index in [-0.39, 0.29) is 17.7 Å². The molecule has 0 bridgehead atoms. The quantitative estimate of drug-likeness (QED) is 0.699. The van der Waals surface area contributed by atoms with E-state index in [9.17, 15) is 8.42 Å². The molecule has 2 unspecified atom stereocenters. The number of halogens is 1. The maximum Gasteiger partial charge on any atom is 0.173 e. The normalized spacial score (nSPS) is 36.4. The number of sulfone groups is 1. The minimum atomic E-state index is -3.17. The van der Waals surface area contributed by atoms with E-state index in [0.29, 0.717) is 49.5 Å². The highest BCUT2D eigenvalue weighted by molar-refractivity contribution is 7.90. The number of allylic oxidation sites excluding steroid dienone is 1. The van der Waals surface area contributed by atoms with Crippen molar-refractivity contribution in [3.8, 4) is 0 Å². The Morgan fingerprint density at radius 1 is 1.43 bits per heavy atom. The van der Waals surface area contributed by atoms with Gasteiger partial charge in [-0.2, -0.15) is 0 Å². The average Bonchev–Trinajstić information content (AvgIpc) is 2.49. The number of hydrogen-bond donors (Lipinski definition) is 0. The molecular weight excluding hydrogens is 340 g/mol. The summed E-state index contributed by atoms with van der Waals surface area (Å²) >= 11 is 6.21. The van der Waals surface area contributed by atoms with Crippen LogP contribution in [0.4, 0.5) is 0 Å². The van der Waals surface area contributed by atoms with Crippen molar-refractivity contribution in [1.29, 1.82) is 0 Å². The van der Waals surface area contributed by atoms with E-state index in [1.165, 1.54) is 6.26 Å². The van der Waals surface area contributed by atoms with Crippen LogP contribution in [0.2, 0.25) is 0 Å². The standard InChI is InChI=1S/C15H21ClN2O4S/c1-10-3-4-13(16)17-15-14(12(10)9-23(2,19)20)22-8-11-7-21-6-5-18(11)15/h4,10-11H,3,5-9H2,1-2H3/b13-4+,14-12+,17-15+. The fourth-order valence-electron chi connectivity index (χ4n) is 3.07. The number of amidine groups is 1.